The first-order valence-corrected chi connectivity index (χ1v) is 11.1. The largest absolute Gasteiger partial charge is 0.493 e. The molecule has 0 aliphatic rings. The summed E-state index contributed by atoms with van der Waals surface area (Å²) in [6, 6.07) is 10.0. The molecule has 160 valence electrons. The van der Waals surface area contributed by atoms with E-state index in [-0.39, 0.29) is 18.2 Å². The van der Waals surface area contributed by atoms with Crippen LogP contribution in [0.5, 0.6) is 11.5 Å². The summed E-state index contributed by atoms with van der Waals surface area (Å²) in [5, 5.41) is 8.19. The van der Waals surface area contributed by atoms with Crippen molar-refractivity contribution >= 4 is 27.0 Å². The van der Waals surface area contributed by atoms with Crippen LogP contribution in [0.15, 0.2) is 36.4 Å². The Bertz CT molecular complexity index is 1190. The van der Waals surface area contributed by atoms with Gasteiger partial charge in [0.1, 0.15) is 5.52 Å². The number of hydrogen-bond donors (Lipinski definition) is 0. The number of methoxy groups -OCH3 is 2. The average molecular weight is 433 g/mol. The fourth-order valence-corrected chi connectivity index (χ4v) is 3.95. The highest BCUT2D eigenvalue weighted by Gasteiger charge is 2.27. The van der Waals surface area contributed by atoms with E-state index >= 15 is 0 Å². The van der Waals surface area contributed by atoms with E-state index in [1.165, 1.54) is 14.2 Å². The predicted octanol–water partition coefficient (Wildman–Crippen LogP) is 2.63. The summed E-state index contributed by atoms with van der Waals surface area (Å²) in [6.07, 6.45) is 0.991. The quantitative estimate of drug-likeness (QED) is 0.565. The van der Waals surface area contributed by atoms with Gasteiger partial charge in [-0.25, -0.2) is 17.4 Å². The SMILES string of the molecule is COc1cccc(CN(C(=O)c2ccc3c(c2)nnn3C(C)C)S(C)(=O)=O)c1OC. The van der Waals surface area contributed by atoms with Crippen LogP contribution in [0.1, 0.15) is 35.8 Å². The summed E-state index contributed by atoms with van der Waals surface area (Å²) in [4.78, 5) is 13.2. The lowest BCUT2D eigenvalue weighted by molar-refractivity contribution is 0.0855. The van der Waals surface area contributed by atoms with Gasteiger partial charge in [0.15, 0.2) is 11.5 Å². The number of rotatable bonds is 7. The molecule has 9 nitrogen and oxygen atoms in total. The second-order valence-corrected chi connectivity index (χ2v) is 8.97. The summed E-state index contributed by atoms with van der Waals surface area (Å²) in [7, 11) is -0.925. The Hall–Kier alpha value is -3.14. The normalized spacial score (nSPS) is 11.7. The summed E-state index contributed by atoms with van der Waals surface area (Å²) in [5.41, 5.74) is 1.98. The van der Waals surface area contributed by atoms with Crippen LogP contribution in [0.2, 0.25) is 0 Å². The fraction of sp³-hybridized carbons (Fsp3) is 0.350. The molecule has 0 spiro atoms. The highest BCUT2D eigenvalue weighted by molar-refractivity contribution is 7.88. The molecule has 30 heavy (non-hydrogen) atoms. The summed E-state index contributed by atoms with van der Waals surface area (Å²) in [5.74, 6) is 0.155. The van der Waals surface area contributed by atoms with Crippen LogP contribution in [0, 0.1) is 0 Å². The molecule has 0 unspecified atom stereocenters. The number of amides is 1. The minimum Gasteiger partial charge on any atom is -0.493 e. The maximum atomic E-state index is 13.2. The molecule has 1 heterocycles. The van der Waals surface area contributed by atoms with Gasteiger partial charge >= 0.3 is 0 Å². The lowest BCUT2D eigenvalue weighted by atomic mass is 10.1. The molecule has 2 aromatic carbocycles. The molecule has 0 N–H and O–H groups in total. The van der Waals surface area contributed by atoms with E-state index in [9.17, 15) is 13.2 Å². The van der Waals surface area contributed by atoms with Gasteiger partial charge in [0.05, 0.1) is 32.5 Å². The maximum absolute atomic E-state index is 13.2. The first kappa shape index (κ1) is 21.6. The van der Waals surface area contributed by atoms with Crippen LogP contribution in [-0.2, 0) is 16.6 Å². The van der Waals surface area contributed by atoms with Gasteiger partial charge in [-0.2, -0.15) is 0 Å². The van der Waals surface area contributed by atoms with Crippen molar-refractivity contribution in [3.63, 3.8) is 0 Å². The Morgan fingerprint density at radius 2 is 1.90 bits per heavy atom. The van der Waals surface area contributed by atoms with E-state index in [0.717, 1.165) is 16.1 Å². The molecular formula is C20H24N4O5S. The van der Waals surface area contributed by atoms with Crippen LogP contribution < -0.4 is 9.47 Å². The molecular weight excluding hydrogens is 408 g/mol. The number of carbonyl (C=O) groups excluding carboxylic acids is 1. The number of ether oxygens (including phenoxy) is 2. The zero-order valence-corrected chi connectivity index (χ0v) is 18.3. The Morgan fingerprint density at radius 1 is 1.17 bits per heavy atom. The molecule has 0 atom stereocenters. The van der Waals surface area contributed by atoms with E-state index in [2.05, 4.69) is 10.3 Å². The monoisotopic (exact) mass is 432 g/mol. The Labute approximate surface area is 175 Å². The minimum atomic E-state index is -3.87. The number of para-hydroxylation sites is 1. The van der Waals surface area contributed by atoms with E-state index in [1.54, 1.807) is 41.1 Å². The number of fused-ring (bicyclic) bond motifs is 1. The van der Waals surface area contributed by atoms with Crippen molar-refractivity contribution < 1.29 is 22.7 Å². The van der Waals surface area contributed by atoms with Gasteiger partial charge in [0.25, 0.3) is 5.91 Å². The van der Waals surface area contributed by atoms with E-state index in [1.807, 2.05) is 13.8 Å². The standard InChI is InChI=1S/C20H24N4O5S/c1-13(2)24-17-10-9-14(11-16(17)21-22-24)20(25)23(30(5,26)27)12-15-7-6-8-18(28-3)19(15)29-4/h6-11,13H,12H2,1-5H3. The molecule has 1 amide bonds. The predicted molar refractivity (Wildman–Crippen MR) is 112 cm³/mol. The zero-order valence-electron chi connectivity index (χ0n) is 17.5. The number of benzene rings is 2. The van der Waals surface area contributed by atoms with E-state index in [0.29, 0.717) is 22.6 Å². The van der Waals surface area contributed by atoms with Gasteiger partial charge in [-0.05, 0) is 38.1 Å². The van der Waals surface area contributed by atoms with Crippen molar-refractivity contribution in [1.29, 1.82) is 0 Å². The van der Waals surface area contributed by atoms with Gasteiger partial charge < -0.3 is 9.47 Å². The van der Waals surface area contributed by atoms with Crippen LogP contribution in [0.4, 0.5) is 0 Å². The second-order valence-electron chi connectivity index (χ2n) is 7.06. The molecule has 0 fully saturated rings. The second kappa shape index (κ2) is 8.31. The van der Waals surface area contributed by atoms with Crippen molar-refractivity contribution in [1.82, 2.24) is 19.3 Å². The Balaban J connectivity index is 2.01. The van der Waals surface area contributed by atoms with Gasteiger partial charge in [0.2, 0.25) is 10.0 Å². The molecule has 0 saturated heterocycles. The summed E-state index contributed by atoms with van der Waals surface area (Å²) >= 11 is 0. The number of hydrogen-bond acceptors (Lipinski definition) is 7. The molecule has 10 heteroatoms. The Morgan fingerprint density at radius 3 is 2.50 bits per heavy atom. The van der Waals surface area contributed by atoms with Crippen molar-refractivity contribution in [2.75, 3.05) is 20.5 Å². The van der Waals surface area contributed by atoms with Crippen molar-refractivity contribution in [2.45, 2.75) is 26.4 Å². The highest BCUT2D eigenvalue weighted by Crippen LogP contribution is 2.32. The van der Waals surface area contributed by atoms with Crippen molar-refractivity contribution in [3.8, 4) is 11.5 Å². The first-order valence-electron chi connectivity index (χ1n) is 9.24. The zero-order chi connectivity index (χ0) is 22.1. The van der Waals surface area contributed by atoms with Crippen LogP contribution >= 0.6 is 0 Å². The van der Waals surface area contributed by atoms with Crippen molar-refractivity contribution in [2.24, 2.45) is 0 Å². The molecule has 0 saturated carbocycles. The number of sulfonamides is 1. The molecule has 1 aromatic heterocycles. The smallest absolute Gasteiger partial charge is 0.267 e. The molecule has 0 aliphatic carbocycles. The lowest BCUT2D eigenvalue weighted by Crippen LogP contribution is -2.35. The van der Waals surface area contributed by atoms with E-state index in [4.69, 9.17) is 9.47 Å². The van der Waals surface area contributed by atoms with Crippen LogP contribution in [0.25, 0.3) is 11.0 Å². The average Bonchev–Trinajstić information content (AvgIpc) is 3.13. The lowest BCUT2D eigenvalue weighted by Gasteiger charge is -2.22. The van der Waals surface area contributed by atoms with Crippen LogP contribution in [0.3, 0.4) is 0 Å². The van der Waals surface area contributed by atoms with Gasteiger partial charge in [0, 0.05) is 17.2 Å². The van der Waals surface area contributed by atoms with E-state index < -0.39 is 15.9 Å². The molecule has 0 bridgehead atoms. The minimum absolute atomic E-state index is 0.101. The molecule has 3 rings (SSSR count). The topological polar surface area (TPSA) is 104 Å². The number of carbonyl (C=O) groups is 1. The van der Waals surface area contributed by atoms with Crippen LogP contribution in [-0.4, -0.2) is 54.1 Å². The molecule has 0 aliphatic heterocycles. The first-order chi connectivity index (χ1) is 14.2. The number of aromatic nitrogens is 3. The van der Waals surface area contributed by atoms with Gasteiger partial charge in [-0.3, -0.25) is 4.79 Å². The van der Waals surface area contributed by atoms with Gasteiger partial charge in [-0.1, -0.05) is 17.3 Å². The third kappa shape index (κ3) is 4.09. The highest BCUT2D eigenvalue weighted by atomic mass is 32.2. The van der Waals surface area contributed by atoms with Crippen molar-refractivity contribution in [3.05, 3.63) is 47.5 Å². The Kier molecular flexibility index (Phi) is 5.97. The molecule has 3 aromatic rings. The third-order valence-corrected chi connectivity index (χ3v) is 5.73. The van der Waals surface area contributed by atoms with Gasteiger partial charge in [-0.15, -0.1) is 5.10 Å². The third-order valence-electron chi connectivity index (χ3n) is 4.63. The number of nitrogens with zero attached hydrogens (tertiary/aromatic N) is 4. The molecule has 0 radical (unpaired) electrons. The summed E-state index contributed by atoms with van der Waals surface area (Å²) in [6.45, 7) is 3.74. The maximum Gasteiger partial charge on any atom is 0.267 e. The summed E-state index contributed by atoms with van der Waals surface area (Å²) < 4.78 is 38.1. The fourth-order valence-electron chi connectivity index (χ4n) is 3.17.